The number of nitrogens with zero attached hydrogens (tertiary/aromatic N) is 1. The summed E-state index contributed by atoms with van der Waals surface area (Å²) >= 11 is 0. The van der Waals surface area contributed by atoms with Crippen molar-refractivity contribution >= 4 is 0 Å². The fraction of sp³-hybridized carbons (Fsp3) is 0.625. The highest BCUT2D eigenvalue weighted by molar-refractivity contribution is 5.22. The summed E-state index contributed by atoms with van der Waals surface area (Å²) in [5.74, 6) is 0. The maximum atomic E-state index is 8.86. The van der Waals surface area contributed by atoms with E-state index in [1.54, 1.807) is 0 Å². The molecule has 19 heavy (non-hydrogen) atoms. The van der Waals surface area contributed by atoms with Gasteiger partial charge in [0.05, 0.1) is 13.2 Å². The van der Waals surface area contributed by atoms with E-state index in [-0.39, 0.29) is 6.61 Å². The van der Waals surface area contributed by atoms with Crippen LogP contribution in [0.2, 0.25) is 0 Å². The molecule has 0 radical (unpaired) electrons. The summed E-state index contributed by atoms with van der Waals surface area (Å²) in [6.07, 6.45) is 4.80. The maximum Gasteiger partial charge on any atom is 0.0717 e. The van der Waals surface area contributed by atoms with E-state index >= 15 is 0 Å². The summed E-state index contributed by atoms with van der Waals surface area (Å²) in [5, 5.41) is 8.86. The van der Waals surface area contributed by atoms with Crippen molar-refractivity contribution in [3.05, 3.63) is 35.4 Å². The minimum atomic E-state index is 0.214. The monoisotopic (exact) mass is 263 g/mol. The van der Waals surface area contributed by atoms with Gasteiger partial charge >= 0.3 is 0 Å². The van der Waals surface area contributed by atoms with Crippen LogP contribution in [0.25, 0.3) is 0 Å². The molecule has 0 amide bonds. The normalized spacial score (nSPS) is 16.7. The van der Waals surface area contributed by atoms with Crippen molar-refractivity contribution in [3.63, 3.8) is 0 Å². The van der Waals surface area contributed by atoms with Gasteiger partial charge in [-0.3, -0.25) is 0 Å². The Kier molecular flexibility index (Phi) is 6.34. The van der Waals surface area contributed by atoms with Crippen LogP contribution in [0.5, 0.6) is 0 Å². The summed E-state index contributed by atoms with van der Waals surface area (Å²) in [5.41, 5.74) is 2.39. The van der Waals surface area contributed by atoms with E-state index in [0.29, 0.717) is 6.61 Å². The molecule has 1 heterocycles. The first-order valence-electron chi connectivity index (χ1n) is 7.37. The average Bonchev–Trinajstić information content (AvgIpc) is 2.47. The van der Waals surface area contributed by atoms with Gasteiger partial charge in [-0.1, -0.05) is 30.7 Å². The molecular formula is C16H25NO2. The van der Waals surface area contributed by atoms with Crippen molar-refractivity contribution in [1.29, 1.82) is 0 Å². The second kappa shape index (κ2) is 8.31. The minimum Gasteiger partial charge on any atom is -0.396 e. The van der Waals surface area contributed by atoms with Gasteiger partial charge in [-0.25, -0.2) is 0 Å². The van der Waals surface area contributed by atoms with Gasteiger partial charge in [-0.05, 0) is 43.5 Å². The maximum absolute atomic E-state index is 8.86. The molecule has 0 unspecified atom stereocenters. The van der Waals surface area contributed by atoms with Crippen molar-refractivity contribution < 1.29 is 9.84 Å². The third-order valence-corrected chi connectivity index (χ3v) is 3.69. The smallest absolute Gasteiger partial charge is 0.0717 e. The van der Waals surface area contributed by atoms with E-state index < -0.39 is 0 Å². The van der Waals surface area contributed by atoms with E-state index in [1.165, 1.54) is 43.5 Å². The average molecular weight is 263 g/mol. The number of benzene rings is 1. The quantitative estimate of drug-likeness (QED) is 0.766. The van der Waals surface area contributed by atoms with E-state index in [0.717, 1.165) is 19.6 Å². The number of hydrogen-bond acceptors (Lipinski definition) is 3. The summed E-state index contributed by atoms with van der Waals surface area (Å²) in [7, 11) is 0. The lowest BCUT2D eigenvalue weighted by Crippen LogP contribution is -2.32. The van der Waals surface area contributed by atoms with Gasteiger partial charge in [0, 0.05) is 13.2 Å². The topological polar surface area (TPSA) is 32.7 Å². The van der Waals surface area contributed by atoms with Crippen LogP contribution >= 0.6 is 0 Å². The van der Waals surface area contributed by atoms with Gasteiger partial charge < -0.3 is 14.7 Å². The highest BCUT2D eigenvalue weighted by atomic mass is 16.5. The molecule has 3 nitrogen and oxygen atoms in total. The van der Waals surface area contributed by atoms with E-state index in [1.807, 2.05) is 0 Å². The Morgan fingerprint density at radius 1 is 1.00 bits per heavy atom. The second-order valence-corrected chi connectivity index (χ2v) is 5.24. The Morgan fingerprint density at radius 3 is 2.37 bits per heavy atom. The molecule has 0 saturated carbocycles. The number of hydrogen-bond donors (Lipinski definition) is 1. The van der Waals surface area contributed by atoms with Crippen molar-refractivity contribution in [2.24, 2.45) is 0 Å². The van der Waals surface area contributed by atoms with Crippen molar-refractivity contribution in [2.75, 3.05) is 32.8 Å². The molecule has 0 atom stereocenters. The number of aliphatic hydroxyl groups excluding tert-OH is 1. The molecule has 1 N–H and O–H groups in total. The molecule has 0 bridgehead atoms. The highest BCUT2D eigenvalue weighted by Gasteiger charge is 2.08. The number of piperidine rings is 1. The first-order chi connectivity index (χ1) is 9.38. The van der Waals surface area contributed by atoms with Crippen LogP contribution in [-0.4, -0.2) is 42.9 Å². The number of aliphatic hydroxyl groups is 1. The van der Waals surface area contributed by atoms with Crippen LogP contribution in [0.3, 0.4) is 0 Å². The lowest BCUT2D eigenvalue weighted by Gasteiger charge is -2.26. The molecular weight excluding hydrogens is 238 g/mol. The molecule has 1 aliphatic rings. The molecule has 0 aliphatic carbocycles. The number of likely N-dealkylation sites (tertiary alicyclic amines) is 1. The Morgan fingerprint density at radius 2 is 1.68 bits per heavy atom. The molecule has 1 aliphatic heterocycles. The molecule has 1 aromatic rings. The molecule has 1 fully saturated rings. The molecule has 2 rings (SSSR count). The first kappa shape index (κ1) is 14.5. The van der Waals surface area contributed by atoms with Gasteiger partial charge in [0.25, 0.3) is 0 Å². The van der Waals surface area contributed by atoms with Crippen LogP contribution < -0.4 is 0 Å². The Hall–Kier alpha value is -0.900. The van der Waals surface area contributed by atoms with Crippen LogP contribution in [0.15, 0.2) is 24.3 Å². The Bertz CT molecular complexity index is 344. The van der Waals surface area contributed by atoms with E-state index in [4.69, 9.17) is 9.84 Å². The Balaban J connectivity index is 1.62. The first-order valence-corrected chi connectivity index (χ1v) is 7.37. The van der Waals surface area contributed by atoms with Gasteiger partial charge in [-0.2, -0.15) is 0 Å². The van der Waals surface area contributed by atoms with Gasteiger partial charge in [0.1, 0.15) is 0 Å². The minimum absolute atomic E-state index is 0.214. The van der Waals surface area contributed by atoms with Gasteiger partial charge in [-0.15, -0.1) is 0 Å². The molecule has 0 aromatic heterocycles. The van der Waals surface area contributed by atoms with E-state index in [2.05, 4.69) is 29.2 Å². The lowest BCUT2D eigenvalue weighted by molar-refractivity contribution is 0.0863. The van der Waals surface area contributed by atoms with Crippen LogP contribution in [0.1, 0.15) is 30.4 Å². The standard InChI is InChI=1S/C16H25NO2/c18-12-8-15-4-6-16(7-5-15)14-19-13-11-17-9-2-1-3-10-17/h4-7,18H,1-3,8-14H2. The third-order valence-electron chi connectivity index (χ3n) is 3.69. The summed E-state index contributed by atoms with van der Waals surface area (Å²) < 4.78 is 5.73. The van der Waals surface area contributed by atoms with Crippen molar-refractivity contribution in [3.8, 4) is 0 Å². The largest absolute Gasteiger partial charge is 0.396 e. The van der Waals surface area contributed by atoms with Gasteiger partial charge in [0.15, 0.2) is 0 Å². The summed E-state index contributed by atoms with van der Waals surface area (Å²) in [4.78, 5) is 2.49. The van der Waals surface area contributed by atoms with Crippen LogP contribution in [0, 0.1) is 0 Å². The van der Waals surface area contributed by atoms with Crippen molar-refractivity contribution in [2.45, 2.75) is 32.3 Å². The molecule has 106 valence electrons. The zero-order chi connectivity index (χ0) is 13.3. The van der Waals surface area contributed by atoms with E-state index in [9.17, 15) is 0 Å². The molecule has 3 heteroatoms. The predicted octanol–water partition coefficient (Wildman–Crippen LogP) is 2.22. The highest BCUT2D eigenvalue weighted by Crippen LogP contribution is 2.09. The Labute approximate surface area is 116 Å². The molecule has 1 saturated heterocycles. The van der Waals surface area contributed by atoms with Gasteiger partial charge in [0.2, 0.25) is 0 Å². The third kappa shape index (κ3) is 5.31. The fourth-order valence-corrected chi connectivity index (χ4v) is 2.50. The fourth-order valence-electron chi connectivity index (χ4n) is 2.50. The summed E-state index contributed by atoms with van der Waals surface area (Å²) in [6.45, 7) is 5.25. The number of ether oxygens (including phenoxy) is 1. The molecule has 1 aromatic carbocycles. The van der Waals surface area contributed by atoms with Crippen LogP contribution in [0.4, 0.5) is 0 Å². The SMILES string of the molecule is OCCc1ccc(COCCN2CCCCC2)cc1. The van der Waals surface area contributed by atoms with Crippen molar-refractivity contribution in [1.82, 2.24) is 4.90 Å². The second-order valence-electron chi connectivity index (χ2n) is 5.24. The molecule has 0 spiro atoms. The lowest BCUT2D eigenvalue weighted by atomic mass is 10.1. The zero-order valence-corrected chi connectivity index (χ0v) is 11.7. The summed E-state index contributed by atoms with van der Waals surface area (Å²) in [6, 6.07) is 8.32. The predicted molar refractivity (Wildman–Crippen MR) is 77.2 cm³/mol. The zero-order valence-electron chi connectivity index (χ0n) is 11.7. The van der Waals surface area contributed by atoms with Crippen LogP contribution in [-0.2, 0) is 17.8 Å². The number of rotatable bonds is 7.